The zero-order valence-corrected chi connectivity index (χ0v) is 13.3. The summed E-state index contributed by atoms with van der Waals surface area (Å²) in [4.78, 5) is 25.1. The standard InChI is InChI=1S/C17H21N5O/c1-21-8-10-22(11-9-21)15-4-7-19-16(12-15)17(23)20-13-14-2-5-18-6-3-14/h2-7,12H,8-11,13H2,1H3,(H,20,23). The molecule has 0 radical (unpaired) electrons. The summed E-state index contributed by atoms with van der Waals surface area (Å²) in [5, 5.41) is 2.90. The number of piperazine rings is 1. The summed E-state index contributed by atoms with van der Waals surface area (Å²) in [5.74, 6) is -0.155. The third-order valence-corrected chi connectivity index (χ3v) is 4.05. The van der Waals surface area contributed by atoms with Gasteiger partial charge in [-0.15, -0.1) is 0 Å². The molecule has 23 heavy (non-hydrogen) atoms. The molecule has 1 saturated heterocycles. The lowest BCUT2D eigenvalue weighted by molar-refractivity contribution is 0.0946. The van der Waals surface area contributed by atoms with Gasteiger partial charge in [0.15, 0.2) is 0 Å². The molecule has 3 heterocycles. The number of hydrogen-bond donors (Lipinski definition) is 1. The Balaban J connectivity index is 1.63. The molecule has 0 bridgehead atoms. The molecule has 0 spiro atoms. The number of likely N-dealkylation sites (N-methyl/N-ethyl adjacent to an activating group) is 1. The van der Waals surface area contributed by atoms with Crippen LogP contribution in [0.15, 0.2) is 42.9 Å². The van der Waals surface area contributed by atoms with E-state index in [2.05, 4.69) is 32.1 Å². The van der Waals surface area contributed by atoms with Crippen LogP contribution in [-0.2, 0) is 6.54 Å². The van der Waals surface area contributed by atoms with Gasteiger partial charge in [0.1, 0.15) is 5.69 Å². The zero-order chi connectivity index (χ0) is 16.1. The van der Waals surface area contributed by atoms with E-state index in [0.717, 1.165) is 37.4 Å². The molecule has 0 aromatic carbocycles. The van der Waals surface area contributed by atoms with Crippen LogP contribution in [0.1, 0.15) is 16.1 Å². The molecule has 6 heteroatoms. The van der Waals surface area contributed by atoms with Crippen LogP contribution in [0.3, 0.4) is 0 Å². The highest BCUT2D eigenvalue weighted by Crippen LogP contribution is 2.16. The maximum Gasteiger partial charge on any atom is 0.270 e. The lowest BCUT2D eigenvalue weighted by atomic mass is 10.2. The van der Waals surface area contributed by atoms with Crippen LogP contribution in [-0.4, -0.2) is 54.0 Å². The van der Waals surface area contributed by atoms with Gasteiger partial charge in [-0.3, -0.25) is 14.8 Å². The van der Waals surface area contributed by atoms with Crippen LogP contribution in [0, 0.1) is 0 Å². The van der Waals surface area contributed by atoms with Gasteiger partial charge >= 0.3 is 0 Å². The van der Waals surface area contributed by atoms with Crippen molar-refractivity contribution in [1.82, 2.24) is 20.2 Å². The molecule has 0 saturated carbocycles. The van der Waals surface area contributed by atoms with Crippen LogP contribution in [0.2, 0.25) is 0 Å². The number of amides is 1. The minimum atomic E-state index is -0.155. The Bertz CT molecular complexity index is 653. The number of rotatable bonds is 4. The Hall–Kier alpha value is -2.47. The second kappa shape index (κ2) is 7.19. The molecule has 120 valence electrons. The van der Waals surface area contributed by atoms with Crippen molar-refractivity contribution in [2.75, 3.05) is 38.1 Å². The van der Waals surface area contributed by atoms with E-state index in [0.29, 0.717) is 12.2 Å². The van der Waals surface area contributed by atoms with E-state index >= 15 is 0 Å². The largest absolute Gasteiger partial charge is 0.369 e. The summed E-state index contributed by atoms with van der Waals surface area (Å²) in [6.07, 6.45) is 5.14. The average Bonchev–Trinajstić information content (AvgIpc) is 2.61. The molecule has 6 nitrogen and oxygen atoms in total. The Morgan fingerprint density at radius 2 is 1.87 bits per heavy atom. The number of anilines is 1. The number of carbonyl (C=O) groups excluding carboxylic acids is 1. The minimum Gasteiger partial charge on any atom is -0.369 e. The molecule has 0 aliphatic carbocycles. The Kier molecular flexibility index (Phi) is 4.83. The predicted molar refractivity (Wildman–Crippen MR) is 89.4 cm³/mol. The molecule has 1 amide bonds. The van der Waals surface area contributed by atoms with Crippen molar-refractivity contribution in [3.63, 3.8) is 0 Å². The lowest BCUT2D eigenvalue weighted by Crippen LogP contribution is -2.44. The average molecular weight is 311 g/mol. The fraction of sp³-hybridized carbons (Fsp3) is 0.353. The molecule has 1 aliphatic heterocycles. The van der Waals surface area contributed by atoms with E-state index in [9.17, 15) is 4.79 Å². The highest BCUT2D eigenvalue weighted by Gasteiger charge is 2.16. The van der Waals surface area contributed by atoms with Gasteiger partial charge in [-0.25, -0.2) is 0 Å². The van der Waals surface area contributed by atoms with Gasteiger partial charge < -0.3 is 15.1 Å². The smallest absolute Gasteiger partial charge is 0.270 e. The first-order valence-corrected chi connectivity index (χ1v) is 7.79. The van der Waals surface area contributed by atoms with Crippen LogP contribution < -0.4 is 10.2 Å². The van der Waals surface area contributed by atoms with Gasteiger partial charge in [-0.1, -0.05) is 0 Å². The summed E-state index contributed by atoms with van der Waals surface area (Å²) in [5.41, 5.74) is 2.53. The number of hydrogen-bond acceptors (Lipinski definition) is 5. The first-order valence-electron chi connectivity index (χ1n) is 7.79. The van der Waals surface area contributed by atoms with Crippen LogP contribution in [0.4, 0.5) is 5.69 Å². The van der Waals surface area contributed by atoms with Crippen molar-refractivity contribution in [3.8, 4) is 0 Å². The summed E-state index contributed by atoms with van der Waals surface area (Å²) in [6, 6.07) is 7.60. The van der Waals surface area contributed by atoms with Crippen LogP contribution in [0.25, 0.3) is 0 Å². The van der Waals surface area contributed by atoms with E-state index in [1.807, 2.05) is 24.3 Å². The molecule has 3 rings (SSSR count). The molecule has 0 atom stereocenters. The Morgan fingerprint density at radius 3 is 2.61 bits per heavy atom. The first-order chi connectivity index (χ1) is 11.2. The maximum atomic E-state index is 12.3. The highest BCUT2D eigenvalue weighted by atomic mass is 16.1. The molecule has 0 unspecified atom stereocenters. The summed E-state index contributed by atoms with van der Waals surface area (Å²) in [7, 11) is 2.13. The minimum absolute atomic E-state index is 0.155. The van der Waals surface area contributed by atoms with Gasteiger partial charge in [0, 0.05) is 57.0 Å². The molecular formula is C17H21N5O. The van der Waals surface area contributed by atoms with Crippen molar-refractivity contribution in [2.24, 2.45) is 0 Å². The van der Waals surface area contributed by atoms with Gasteiger partial charge in [0.2, 0.25) is 0 Å². The molecule has 2 aromatic rings. The highest BCUT2D eigenvalue weighted by molar-refractivity contribution is 5.93. The topological polar surface area (TPSA) is 61.4 Å². The van der Waals surface area contributed by atoms with Gasteiger partial charge in [0.25, 0.3) is 5.91 Å². The second-order valence-electron chi connectivity index (χ2n) is 5.73. The van der Waals surface area contributed by atoms with Crippen molar-refractivity contribution in [2.45, 2.75) is 6.54 Å². The van der Waals surface area contributed by atoms with Crippen molar-refractivity contribution in [3.05, 3.63) is 54.1 Å². The van der Waals surface area contributed by atoms with Crippen LogP contribution >= 0.6 is 0 Å². The summed E-state index contributed by atoms with van der Waals surface area (Å²) >= 11 is 0. The second-order valence-corrected chi connectivity index (χ2v) is 5.73. The van der Waals surface area contributed by atoms with E-state index in [1.54, 1.807) is 18.6 Å². The molecule has 1 fully saturated rings. The number of nitrogens with one attached hydrogen (secondary N) is 1. The van der Waals surface area contributed by atoms with Gasteiger partial charge in [-0.05, 0) is 36.9 Å². The van der Waals surface area contributed by atoms with Gasteiger partial charge in [0.05, 0.1) is 0 Å². The lowest BCUT2D eigenvalue weighted by Gasteiger charge is -2.34. The van der Waals surface area contributed by atoms with Crippen molar-refractivity contribution < 1.29 is 4.79 Å². The number of carbonyl (C=O) groups is 1. The van der Waals surface area contributed by atoms with Crippen molar-refractivity contribution in [1.29, 1.82) is 0 Å². The monoisotopic (exact) mass is 311 g/mol. The summed E-state index contributed by atoms with van der Waals surface area (Å²) < 4.78 is 0. The third-order valence-electron chi connectivity index (χ3n) is 4.05. The zero-order valence-electron chi connectivity index (χ0n) is 13.3. The van der Waals surface area contributed by atoms with Crippen LogP contribution in [0.5, 0.6) is 0 Å². The van der Waals surface area contributed by atoms with E-state index in [1.165, 1.54) is 0 Å². The molecular weight excluding hydrogens is 290 g/mol. The quantitative estimate of drug-likeness (QED) is 0.918. The fourth-order valence-electron chi connectivity index (χ4n) is 2.58. The van der Waals surface area contributed by atoms with E-state index in [-0.39, 0.29) is 5.91 Å². The number of pyridine rings is 2. The number of nitrogens with zero attached hydrogens (tertiary/aromatic N) is 4. The SMILES string of the molecule is CN1CCN(c2ccnc(C(=O)NCc3ccncc3)c2)CC1. The Morgan fingerprint density at radius 1 is 1.13 bits per heavy atom. The molecule has 2 aromatic heterocycles. The molecule has 1 aliphatic rings. The van der Waals surface area contributed by atoms with Gasteiger partial charge in [-0.2, -0.15) is 0 Å². The summed E-state index contributed by atoms with van der Waals surface area (Å²) in [6.45, 7) is 4.48. The van der Waals surface area contributed by atoms with Crippen molar-refractivity contribution >= 4 is 11.6 Å². The van der Waals surface area contributed by atoms with E-state index < -0.39 is 0 Å². The fourth-order valence-corrected chi connectivity index (χ4v) is 2.58. The predicted octanol–water partition coefficient (Wildman–Crippen LogP) is 1.16. The normalized spacial score (nSPS) is 15.4. The number of aromatic nitrogens is 2. The third kappa shape index (κ3) is 4.04. The first kappa shape index (κ1) is 15.4. The van der Waals surface area contributed by atoms with E-state index in [4.69, 9.17) is 0 Å². The maximum absolute atomic E-state index is 12.3. The Labute approximate surface area is 136 Å². The molecule has 1 N–H and O–H groups in total.